The first-order valence-corrected chi connectivity index (χ1v) is 7.09. The molecule has 21 heavy (non-hydrogen) atoms. The molecule has 3 aromatic rings. The Morgan fingerprint density at radius 1 is 1.14 bits per heavy atom. The van der Waals surface area contributed by atoms with Crippen LogP contribution in [0.4, 0.5) is 8.78 Å². The monoisotopic (exact) mass is 303 g/mol. The van der Waals surface area contributed by atoms with E-state index in [1.54, 1.807) is 6.20 Å². The van der Waals surface area contributed by atoms with Crippen molar-refractivity contribution in [1.82, 2.24) is 14.8 Å². The van der Waals surface area contributed by atoms with Crippen molar-refractivity contribution in [3.63, 3.8) is 0 Å². The molecule has 0 aliphatic heterocycles. The maximum absolute atomic E-state index is 13.6. The van der Waals surface area contributed by atoms with Crippen LogP contribution in [0.2, 0.25) is 0 Å². The Morgan fingerprint density at radius 2 is 1.90 bits per heavy atom. The predicted molar refractivity (Wildman–Crippen MR) is 78.5 cm³/mol. The van der Waals surface area contributed by atoms with E-state index in [1.807, 2.05) is 12.1 Å². The van der Waals surface area contributed by atoms with Crippen LogP contribution in [0.5, 0.6) is 0 Å². The minimum atomic E-state index is -0.828. The molecule has 1 aromatic carbocycles. The molecule has 4 rings (SSSR count). The molecule has 2 aromatic heterocycles. The molecule has 0 bridgehead atoms. The van der Waals surface area contributed by atoms with Gasteiger partial charge in [0.1, 0.15) is 4.64 Å². The molecular weight excluding hydrogens is 292 g/mol. The van der Waals surface area contributed by atoms with E-state index in [0.29, 0.717) is 21.6 Å². The van der Waals surface area contributed by atoms with Crippen LogP contribution in [0.15, 0.2) is 30.5 Å². The summed E-state index contributed by atoms with van der Waals surface area (Å²) in [5.74, 6) is -1.65. The van der Waals surface area contributed by atoms with Crippen LogP contribution in [0.25, 0.3) is 22.2 Å². The smallest absolute Gasteiger partial charge is 0.160 e. The van der Waals surface area contributed by atoms with Crippen molar-refractivity contribution in [3.8, 4) is 11.3 Å². The highest BCUT2D eigenvalue weighted by atomic mass is 32.1. The van der Waals surface area contributed by atoms with E-state index in [2.05, 4.69) is 14.8 Å². The summed E-state index contributed by atoms with van der Waals surface area (Å²) >= 11 is 5.10. The normalized spacial score (nSPS) is 14.8. The van der Waals surface area contributed by atoms with Gasteiger partial charge in [0.05, 0.1) is 17.4 Å². The quantitative estimate of drug-likeness (QED) is 0.713. The first kappa shape index (κ1) is 12.6. The number of aromatic nitrogens is 3. The van der Waals surface area contributed by atoms with Crippen molar-refractivity contribution in [2.45, 2.75) is 18.9 Å². The minimum absolute atomic E-state index is 0.333. The Morgan fingerprint density at radius 3 is 2.62 bits per heavy atom. The summed E-state index contributed by atoms with van der Waals surface area (Å²) in [4.78, 5) is 0. The van der Waals surface area contributed by atoms with Crippen LogP contribution in [0, 0.1) is 16.3 Å². The first-order valence-electron chi connectivity index (χ1n) is 6.68. The van der Waals surface area contributed by atoms with Crippen LogP contribution in [0.3, 0.4) is 0 Å². The number of benzene rings is 1. The topological polar surface area (TPSA) is 33.6 Å². The molecule has 0 amide bonds. The summed E-state index contributed by atoms with van der Waals surface area (Å²) in [6.07, 6.45) is 3.77. The second kappa shape index (κ2) is 4.46. The minimum Gasteiger partial charge on any atom is -0.337 e. The Labute approximate surface area is 124 Å². The maximum atomic E-state index is 13.6. The van der Waals surface area contributed by atoms with Gasteiger partial charge in [0.2, 0.25) is 0 Å². The van der Waals surface area contributed by atoms with Gasteiger partial charge >= 0.3 is 0 Å². The third kappa shape index (κ3) is 2.06. The molecule has 1 aliphatic carbocycles. The standard InChI is InChI=1S/C15H11F2N3S/c16-11-3-8-4-13(9-5-15(21)19-18-7-9)20(10-1-2-10)14(8)6-12(11)17/h3-7,10H,1-2H2,(H,19,21). The van der Waals surface area contributed by atoms with Crippen LogP contribution in [-0.2, 0) is 0 Å². The average molecular weight is 303 g/mol. The lowest BCUT2D eigenvalue weighted by molar-refractivity contribution is 0.510. The molecule has 0 spiro atoms. The van der Waals surface area contributed by atoms with Crippen LogP contribution in [-0.4, -0.2) is 14.8 Å². The third-order valence-corrected chi connectivity index (χ3v) is 3.96. The van der Waals surface area contributed by atoms with E-state index in [4.69, 9.17) is 12.2 Å². The highest BCUT2D eigenvalue weighted by Gasteiger charge is 2.28. The molecule has 3 nitrogen and oxygen atoms in total. The van der Waals surface area contributed by atoms with Crippen molar-refractivity contribution >= 4 is 23.1 Å². The maximum Gasteiger partial charge on any atom is 0.160 e. The van der Waals surface area contributed by atoms with Crippen molar-refractivity contribution in [3.05, 3.63) is 46.7 Å². The Hall–Kier alpha value is -2.08. The SMILES string of the molecule is Fc1cc2cc(-c3cn[nH]c(=S)c3)n(C3CC3)c2cc1F. The van der Waals surface area contributed by atoms with Crippen molar-refractivity contribution in [1.29, 1.82) is 0 Å². The second-order valence-corrected chi connectivity index (χ2v) is 5.73. The Bertz CT molecular complexity index is 909. The summed E-state index contributed by atoms with van der Waals surface area (Å²) in [5.41, 5.74) is 2.46. The van der Waals surface area contributed by atoms with Gasteiger partial charge in [0.25, 0.3) is 0 Å². The molecule has 0 saturated heterocycles. The lowest BCUT2D eigenvalue weighted by atomic mass is 10.2. The van der Waals surface area contributed by atoms with Crippen molar-refractivity contribution in [2.24, 2.45) is 0 Å². The lowest BCUT2D eigenvalue weighted by Gasteiger charge is -2.09. The van der Waals surface area contributed by atoms with E-state index in [-0.39, 0.29) is 0 Å². The fraction of sp³-hybridized carbons (Fsp3) is 0.200. The summed E-state index contributed by atoms with van der Waals surface area (Å²) in [7, 11) is 0. The van der Waals surface area contributed by atoms with E-state index < -0.39 is 11.6 Å². The predicted octanol–water partition coefficient (Wildman–Crippen LogP) is 4.37. The summed E-state index contributed by atoms with van der Waals surface area (Å²) < 4.78 is 29.6. The Kier molecular flexibility index (Phi) is 2.68. The molecule has 0 atom stereocenters. The van der Waals surface area contributed by atoms with Gasteiger partial charge in [-0.05, 0) is 31.0 Å². The first-order chi connectivity index (χ1) is 10.1. The molecular formula is C15H11F2N3S. The molecule has 2 heterocycles. The highest BCUT2D eigenvalue weighted by Crippen LogP contribution is 2.42. The largest absolute Gasteiger partial charge is 0.337 e. The third-order valence-electron chi connectivity index (χ3n) is 3.75. The fourth-order valence-electron chi connectivity index (χ4n) is 2.69. The summed E-state index contributed by atoms with van der Waals surface area (Å²) in [6, 6.07) is 6.51. The lowest BCUT2D eigenvalue weighted by Crippen LogP contribution is -1.98. The van der Waals surface area contributed by atoms with Crippen LogP contribution in [0.1, 0.15) is 18.9 Å². The number of hydrogen-bond donors (Lipinski definition) is 1. The number of nitrogens with one attached hydrogen (secondary N) is 1. The molecule has 1 saturated carbocycles. The molecule has 1 fully saturated rings. The zero-order valence-electron chi connectivity index (χ0n) is 10.9. The summed E-state index contributed by atoms with van der Waals surface area (Å²) in [6.45, 7) is 0. The number of H-pyrrole nitrogens is 1. The van der Waals surface area contributed by atoms with Gasteiger partial charge in [-0.15, -0.1) is 0 Å². The molecule has 1 N–H and O–H groups in total. The van der Waals surface area contributed by atoms with Gasteiger partial charge < -0.3 is 4.57 Å². The molecule has 6 heteroatoms. The number of fused-ring (bicyclic) bond motifs is 1. The van der Waals surface area contributed by atoms with Crippen LogP contribution < -0.4 is 0 Å². The van der Waals surface area contributed by atoms with Gasteiger partial charge in [0, 0.05) is 23.1 Å². The van der Waals surface area contributed by atoms with Crippen molar-refractivity contribution in [2.75, 3.05) is 0 Å². The van der Waals surface area contributed by atoms with Gasteiger partial charge in [-0.3, -0.25) is 5.10 Å². The van der Waals surface area contributed by atoms with Crippen LogP contribution >= 0.6 is 12.2 Å². The second-order valence-electron chi connectivity index (χ2n) is 5.29. The van der Waals surface area contributed by atoms with E-state index in [9.17, 15) is 8.78 Å². The van der Waals surface area contributed by atoms with Gasteiger partial charge in [-0.1, -0.05) is 12.2 Å². The Balaban J connectivity index is 2.04. The highest BCUT2D eigenvalue weighted by molar-refractivity contribution is 7.71. The zero-order chi connectivity index (χ0) is 14.6. The van der Waals surface area contributed by atoms with Crippen molar-refractivity contribution < 1.29 is 8.78 Å². The molecule has 106 valence electrons. The number of halogens is 2. The van der Waals surface area contributed by atoms with E-state index >= 15 is 0 Å². The van der Waals surface area contributed by atoms with Gasteiger partial charge in [-0.2, -0.15) is 5.10 Å². The molecule has 0 unspecified atom stereocenters. The van der Waals surface area contributed by atoms with E-state index in [1.165, 1.54) is 12.1 Å². The molecule has 1 aliphatic rings. The number of rotatable bonds is 2. The fourth-order valence-corrected chi connectivity index (χ4v) is 2.87. The number of hydrogen-bond acceptors (Lipinski definition) is 2. The molecule has 0 radical (unpaired) electrons. The van der Waals surface area contributed by atoms with Gasteiger partial charge in [-0.25, -0.2) is 8.78 Å². The van der Waals surface area contributed by atoms with Gasteiger partial charge in [0.15, 0.2) is 11.6 Å². The summed E-state index contributed by atoms with van der Waals surface area (Å²) in [5, 5.41) is 7.38. The number of aromatic amines is 1. The average Bonchev–Trinajstić information content (AvgIpc) is 3.22. The number of nitrogens with zero attached hydrogens (tertiary/aromatic N) is 2. The van der Waals surface area contributed by atoms with E-state index in [0.717, 1.165) is 24.1 Å². The zero-order valence-corrected chi connectivity index (χ0v) is 11.8.